The molecule has 0 unspecified atom stereocenters. The monoisotopic (exact) mass is 362 g/mol. The molecular weight excluding hydrogens is 336 g/mol. The Morgan fingerprint density at radius 3 is 2.62 bits per heavy atom. The van der Waals surface area contributed by atoms with Crippen molar-refractivity contribution in [1.29, 1.82) is 0 Å². The van der Waals surface area contributed by atoms with Crippen LogP contribution in [0, 0.1) is 16.0 Å². The maximum absolute atomic E-state index is 11.7. The van der Waals surface area contributed by atoms with Crippen molar-refractivity contribution in [2.75, 3.05) is 24.7 Å². The number of nitro benzene ring substituents is 1. The van der Waals surface area contributed by atoms with Gasteiger partial charge in [0.15, 0.2) is 0 Å². The molecule has 0 spiro atoms. The summed E-state index contributed by atoms with van der Waals surface area (Å²) in [6, 6.07) is 5.16. The summed E-state index contributed by atoms with van der Waals surface area (Å²) in [4.78, 5) is 24.3. The average molecular weight is 362 g/mol. The third-order valence-corrected chi connectivity index (χ3v) is 4.47. The SMILES string of the molecule is C/C(=C\C(=O)O)c1ccc(N(CC(C)C)C2CCOCC2)c([N+](=O)[O-])c1. The Kier molecular flexibility index (Phi) is 6.74. The van der Waals surface area contributed by atoms with Crippen LogP contribution in [0.3, 0.4) is 0 Å². The molecule has 0 radical (unpaired) electrons. The van der Waals surface area contributed by atoms with E-state index in [0.717, 1.165) is 25.5 Å². The molecule has 1 aromatic rings. The predicted octanol–water partition coefficient (Wildman–Crippen LogP) is 3.72. The Morgan fingerprint density at radius 2 is 2.08 bits per heavy atom. The Labute approximate surface area is 153 Å². The summed E-state index contributed by atoms with van der Waals surface area (Å²) in [5.41, 5.74) is 1.61. The van der Waals surface area contributed by atoms with E-state index in [2.05, 4.69) is 18.7 Å². The minimum absolute atomic E-state index is 0.00720. The molecule has 1 aromatic carbocycles. The highest BCUT2D eigenvalue weighted by atomic mass is 16.6. The first kappa shape index (κ1) is 19.9. The van der Waals surface area contributed by atoms with Gasteiger partial charge in [-0.05, 0) is 42.9 Å². The molecule has 142 valence electrons. The molecule has 7 nitrogen and oxygen atoms in total. The predicted molar refractivity (Wildman–Crippen MR) is 100 cm³/mol. The number of ether oxygens (including phenoxy) is 1. The van der Waals surface area contributed by atoms with E-state index in [1.165, 1.54) is 6.07 Å². The first-order valence-corrected chi connectivity index (χ1v) is 8.84. The summed E-state index contributed by atoms with van der Waals surface area (Å²) in [5, 5.41) is 20.6. The molecule has 1 aliphatic rings. The lowest BCUT2D eigenvalue weighted by atomic mass is 10.0. The number of carboxylic acids is 1. The zero-order valence-corrected chi connectivity index (χ0v) is 15.5. The number of hydrogen-bond donors (Lipinski definition) is 1. The van der Waals surface area contributed by atoms with Crippen LogP contribution in [0.25, 0.3) is 5.57 Å². The number of nitrogens with zero attached hydrogens (tertiary/aromatic N) is 2. The van der Waals surface area contributed by atoms with Crippen LogP contribution in [-0.4, -0.2) is 41.8 Å². The van der Waals surface area contributed by atoms with Crippen LogP contribution in [0.1, 0.15) is 39.2 Å². The quantitative estimate of drug-likeness (QED) is 0.451. The highest BCUT2D eigenvalue weighted by molar-refractivity contribution is 5.90. The molecule has 1 N–H and O–H groups in total. The van der Waals surface area contributed by atoms with Gasteiger partial charge < -0.3 is 14.7 Å². The topological polar surface area (TPSA) is 92.9 Å². The van der Waals surface area contributed by atoms with E-state index in [0.29, 0.717) is 36.0 Å². The van der Waals surface area contributed by atoms with Gasteiger partial charge in [-0.2, -0.15) is 0 Å². The molecule has 1 heterocycles. The summed E-state index contributed by atoms with van der Waals surface area (Å²) in [5.74, 6) is -0.719. The van der Waals surface area contributed by atoms with Gasteiger partial charge in [0, 0.05) is 37.9 Å². The molecule has 0 atom stereocenters. The second-order valence-electron chi connectivity index (χ2n) is 7.02. The number of aliphatic carboxylic acids is 1. The molecule has 1 saturated heterocycles. The van der Waals surface area contributed by atoms with Crippen LogP contribution in [-0.2, 0) is 9.53 Å². The Morgan fingerprint density at radius 1 is 1.42 bits per heavy atom. The Bertz CT molecular complexity index is 693. The van der Waals surface area contributed by atoms with Gasteiger partial charge in [-0.25, -0.2) is 4.79 Å². The molecule has 0 saturated carbocycles. The van der Waals surface area contributed by atoms with E-state index in [1.807, 2.05) is 0 Å². The van der Waals surface area contributed by atoms with E-state index in [9.17, 15) is 14.9 Å². The standard InChI is InChI=1S/C19H26N2O5/c1-13(2)12-20(16-6-8-26-9-7-16)17-5-4-15(11-18(17)21(24)25)14(3)10-19(22)23/h4-5,10-11,13,16H,6-9,12H2,1-3H3,(H,22,23)/b14-10+. The normalized spacial score (nSPS) is 15.9. The molecule has 26 heavy (non-hydrogen) atoms. The number of rotatable bonds is 7. The van der Waals surface area contributed by atoms with Crippen LogP contribution in [0.15, 0.2) is 24.3 Å². The molecule has 2 rings (SSSR count). The number of carbonyl (C=O) groups is 1. The maximum atomic E-state index is 11.7. The van der Waals surface area contributed by atoms with Crippen molar-refractivity contribution < 1.29 is 19.6 Å². The van der Waals surface area contributed by atoms with Crippen LogP contribution in [0.5, 0.6) is 0 Å². The van der Waals surface area contributed by atoms with Gasteiger partial charge in [0.1, 0.15) is 5.69 Å². The molecule has 0 aromatic heterocycles. The first-order chi connectivity index (χ1) is 12.3. The zero-order chi connectivity index (χ0) is 19.3. The Balaban J connectivity index is 2.46. The lowest BCUT2D eigenvalue weighted by Crippen LogP contribution is -2.42. The first-order valence-electron chi connectivity index (χ1n) is 8.84. The fourth-order valence-corrected chi connectivity index (χ4v) is 3.26. The van der Waals surface area contributed by atoms with Crippen LogP contribution >= 0.6 is 0 Å². The fraction of sp³-hybridized carbons (Fsp3) is 0.526. The molecular formula is C19H26N2O5. The molecule has 0 aliphatic carbocycles. The zero-order valence-electron chi connectivity index (χ0n) is 15.5. The van der Waals surface area contributed by atoms with Crippen molar-refractivity contribution in [3.8, 4) is 0 Å². The van der Waals surface area contributed by atoms with Crippen molar-refractivity contribution in [3.63, 3.8) is 0 Å². The van der Waals surface area contributed by atoms with Gasteiger partial charge in [-0.3, -0.25) is 10.1 Å². The van der Waals surface area contributed by atoms with Crippen molar-refractivity contribution in [1.82, 2.24) is 0 Å². The summed E-state index contributed by atoms with van der Waals surface area (Å²) in [6.45, 7) is 7.85. The number of carboxylic acid groups (broad SMARTS) is 1. The van der Waals surface area contributed by atoms with Crippen molar-refractivity contribution in [2.24, 2.45) is 5.92 Å². The van der Waals surface area contributed by atoms with Crippen LogP contribution in [0.2, 0.25) is 0 Å². The summed E-state index contributed by atoms with van der Waals surface area (Å²) < 4.78 is 5.43. The van der Waals surface area contributed by atoms with Gasteiger partial charge in [0.05, 0.1) is 4.92 Å². The van der Waals surface area contributed by atoms with Crippen molar-refractivity contribution in [3.05, 3.63) is 40.0 Å². The maximum Gasteiger partial charge on any atom is 0.328 e. The van der Waals surface area contributed by atoms with Gasteiger partial charge in [0.2, 0.25) is 0 Å². The van der Waals surface area contributed by atoms with E-state index in [4.69, 9.17) is 9.84 Å². The molecule has 0 bridgehead atoms. The van der Waals surface area contributed by atoms with Gasteiger partial charge in [-0.1, -0.05) is 19.9 Å². The number of nitro groups is 1. The van der Waals surface area contributed by atoms with Gasteiger partial charge in [-0.15, -0.1) is 0 Å². The highest BCUT2D eigenvalue weighted by Gasteiger charge is 2.28. The number of allylic oxidation sites excluding steroid dienone is 1. The molecule has 1 aliphatic heterocycles. The smallest absolute Gasteiger partial charge is 0.328 e. The molecule has 1 fully saturated rings. The second kappa shape index (κ2) is 8.80. The summed E-state index contributed by atoms with van der Waals surface area (Å²) in [7, 11) is 0. The van der Waals surface area contributed by atoms with E-state index in [1.54, 1.807) is 19.1 Å². The number of benzene rings is 1. The fourth-order valence-electron chi connectivity index (χ4n) is 3.26. The van der Waals surface area contributed by atoms with E-state index < -0.39 is 5.97 Å². The van der Waals surface area contributed by atoms with Crippen LogP contribution in [0.4, 0.5) is 11.4 Å². The average Bonchev–Trinajstić information content (AvgIpc) is 2.59. The van der Waals surface area contributed by atoms with Gasteiger partial charge in [0.25, 0.3) is 5.69 Å². The van der Waals surface area contributed by atoms with E-state index in [-0.39, 0.29) is 16.7 Å². The van der Waals surface area contributed by atoms with Gasteiger partial charge >= 0.3 is 5.97 Å². The van der Waals surface area contributed by atoms with Crippen molar-refractivity contribution >= 4 is 22.9 Å². The largest absolute Gasteiger partial charge is 0.478 e. The lowest BCUT2D eigenvalue weighted by Gasteiger charge is -2.37. The van der Waals surface area contributed by atoms with Crippen molar-refractivity contribution in [2.45, 2.75) is 39.7 Å². The second-order valence-corrected chi connectivity index (χ2v) is 7.02. The third-order valence-electron chi connectivity index (χ3n) is 4.47. The summed E-state index contributed by atoms with van der Waals surface area (Å²) >= 11 is 0. The van der Waals surface area contributed by atoms with E-state index >= 15 is 0 Å². The molecule has 0 amide bonds. The minimum Gasteiger partial charge on any atom is -0.478 e. The highest BCUT2D eigenvalue weighted by Crippen LogP contribution is 2.35. The minimum atomic E-state index is -1.07. The number of anilines is 1. The third kappa shape index (κ3) is 5.05. The number of hydrogen-bond acceptors (Lipinski definition) is 5. The lowest BCUT2D eigenvalue weighted by molar-refractivity contribution is -0.384. The summed E-state index contributed by atoms with van der Waals surface area (Å²) in [6.07, 6.45) is 2.73. The molecule has 7 heteroatoms. The van der Waals surface area contributed by atoms with Crippen LogP contribution < -0.4 is 4.90 Å². The Hall–Kier alpha value is -2.41.